The Morgan fingerprint density at radius 3 is 1.58 bits per heavy atom. The van der Waals surface area contributed by atoms with Crippen molar-refractivity contribution in [1.29, 1.82) is 0 Å². The monoisotopic (exact) mass is 446 g/mol. The van der Waals surface area contributed by atoms with Gasteiger partial charge >= 0.3 is 0 Å². The van der Waals surface area contributed by atoms with Crippen molar-refractivity contribution in [2.75, 3.05) is 6.61 Å². The highest BCUT2D eigenvalue weighted by molar-refractivity contribution is 5.15. The van der Waals surface area contributed by atoms with Gasteiger partial charge in [-0.3, -0.25) is 0 Å². The Morgan fingerprint density at radius 2 is 1.06 bits per heavy atom. The van der Waals surface area contributed by atoms with Gasteiger partial charge in [0.2, 0.25) is 0 Å². The Labute approximate surface area is 197 Å². The van der Waals surface area contributed by atoms with E-state index in [1.165, 1.54) is 0 Å². The molecule has 1 saturated heterocycles. The van der Waals surface area contributed by atoms with E-state index in [0.29, 0.717) is 26.4 Å². The summed E-state index contributed by atoms with van der Waals surface area (Å²) < 4.78 is 25.3. The Kier molecular flexibility index (Phi) is 8.67. The summed E-state index contributed by atoms with van der Waals surface area (Å²) in [6, 6.07) is 30.8. The lowest BCUT2D eigenvalue weighted by Gasteiger charge is -2.44. The highest BCUT2D eigenvalue weighted by atomic mass is 16.6. The summed E-state index contributed by atoms with van der Waals surface area (Å²) in [6.45, 7) is 6.43. The molecule has 1 fully saturated rings. The molecule has 5 atom stereocenters. The molecular formula is C29H34O4. The summed E-state index contributed by atoms with van der Waals surface area (Å²) in [5.74, 6) is 0.126. The van der Waals surface area contributed by atoms with E-state index in [9.17, 15) is 0 Å². The van der Waals surface area contributed by atoms with Gasteiger partial charge in [0.25, 0.3) is 0 Å². The Morgan fingerprint density at radius 1 is 0.606 bits per heavy atom. The third-order valence-corrected chi connectivity index (χ3v) is 6.24. The summed E-state index contributed by atoms with van der Waals surface area (Å²) in [4.78, 5) is 0. The van der Waals surface area contributed by atoms with Gasteiger partial charge in [-0.2, -0.15) is 0 Å². The van der Waals surface area contributed by atoms with Gasteiger partial charge in [0.05, 0.1) is 44.7 Å². The van der Waals surface area contributed by atoms with Gasteiger partial charge in [0.1, 0.15) is 6.10 Å². The predicted molar refractivity (Wildman–Crippen MR) is 130 cm³/mol. The molecule has 0 aromatic heterocycles. The molecule has 3 aromatic carbocycles. The molecule has 0 aliphatic carbocycles. The highest BCUT2D eigenvalue weighted by Crippen LogP contribution is 2.32. The average molecular weight is 447 g/mol. The molecule has 4 nitrogen and oxygen atoms in total. The molecule has 174 valence electrons. The summed E-state index contributed by atoms with van der Waals surface area (Å²) in [5.41, 5.74) is 3.46. The lowest BCUT2D eigenvalue weighted by molar-refractivity contribution is -0.235. The minimum atomic E-state index is -0.158. The quantitative estimate of drug-likeness (QED) is 0.395. The van der Waals surface area contributed by atoms with Gasteiger partial charge in [0.15, 0.2) is 0 Å². The molecule has 0 N–H and O–H groups in total. The fourth-order valence-corrected chi connectivity index (χ4v) is 4.32. The van der Waals surface area contributed by atoms with E-state index in [1.807, 2.05) is 54.6 Å². The molecule has 3 aromatic rings. The van der Waals surface area contributed by atoms with Crippen LogP contribution in [0.1, 0.15) is 30.5 Å². The van der Waals surface area contributed by atoms with Gasteiger partial charge < -0.3 is 18.9 Å². The minimum absolute atomic E-state index is 0.0546. The fraction of sp³-hybridized carbons (Fsp3) is 0.379. The molecule has 0 spiro atoms. The van der Waals surface area contributed by atoms with E-state index < -0.39 is 0 Å². The zero-order chi connectivity index (χ0) is 22.9. The normalized spacial score (nSPS) is 25.1. The van der Waals surface area contributed by atoms with Crippen molar-refractivity contribution < 1.29 is 18.9 Å². The zero-order valence-electron chi connectivity index (χ0n) is 19.5. The number of benzene rings is 3. The fourth-order valence-electron chi connectivity index (χ4n) is 4.32. The van der Waals surface area contributed by atoms with Crippen LogP contribution in [-0.4, -0.2) is 31.0 Å². The molecule has 1 heterocycles. The number of hydrogen-bond donors (Lipinski definition) is 0. The first-order valence-corrected chi connectivity index (χ1v) is 11.8. The summed E-state index contributed by atoms with van der Waals surface area (Å²) in [6.07, 6.45) is -0.408. The Hall–Kier alpha value is -2.50. The van der Waals surface area contributed by atoms with Crippen LogP contribution in [0.2, 0.25) is 0 Å². The second kappa shape index (κ2) is 12.1. The predicted octanol–water partition coefficient (Wildman–Crippen LogP) is 5.80. The molecule has 4 rings (SSSR count). The number of rotatable bonds is 10. The van der Waals surface area contributed by atoms with Crippen molar-refractivity contribution in [3.63, 3.8) is 0 Å². The van der Waals surface area contributed by atoms with Crippen LogP contribution in [-0.2, 0) is 38.8 Å². The Bertz CT molecular complexity index is 932. The third kappa shape index (κ3) is 6.75. The van der Waals surface area contributed by atoms with Crippen LogP contribution >= 0.6 is 0 Å². The van der Waals surface area contributed by atoms with Gasteiger partial charge in [-0.05, 0) is 23.6 Å². The van der Waals surface area contributed by atoms with Crippen LogP contribution < -0.4 is 0 Å². The maximum Gasteiger partial charge on any atom is 0.110 e. The molecule has 1 unspecified atom stereocenters. The van der Waals surface area contributed by atoms with Crippen LogP contribution in [0.4, 0.5) is 0 Å². The van der Waals surface area contributed by atoms with Gasteiger partial charge in [-0.25, -0.2) is 0 Å². The van der Waals surface area contributed by atoms with Gasteiger partial charge in [-0.15, -0.1) is 0 Å². The molecule has 4 heteroatoms. The smallest absolute Gasteiger partial charge is 0.110 e. The molecule has 33 heavy (non-hydrogen) atoms. The second-order valence-corrected chi connectivity index (χ2v) is 8.76. The highest BCUT2D eigenvalue weighted by Gasteiger charge is 2.43. The standard InChI is InChI=1S/C29H34O4/c1-22-27(21-30-18-24-12-6-3-7-13-24)33-23(2)29(32-20-26-16-10-5-11-17-26)28(22)31-19-25-14-8-4-9-15-25/h3-17,22-23,27-29H,18-21H2,1-2H3/t22-,23-,27?,28+,29-/m1/s1. The molecule has 0 bridgehead atoms. The molecule has 1 aliphatic rings. The number of hydrogen-bond acceptors (Lipinski definition) is 4. The third-order valence-electron chi connectivity index (χ3n) is 6.24. The zero-order valence-corrected chi connectivity index (χ0v) is 19.5. The summed E-state index contributed by atoms with van der Waals surface area (Å²) in [7, 11) is 0. The van der Waals surface area contributed by atoms with E-state index in [-0.39, 0.29) is 30.3 Å². The van der Waals surface area contributed by atoms with Crippen LogP contribution in [0.15, 0.2) is 91.0 Å². The van der Waals surface area contributed by atoms with E-state index in [0.717, 1.165) is 16.7 Å². The van der Waals surface area contributed by atoms with E-state index in [2.05, 4.69) is 50.2 Å². The minimum Gasteiger partial charge on any atom is -0.374 e. The summed E-state index contributed by atoms with van der Waals surface area (Å²) >= 11 is 0. The van der Waals surface area contributed by atoms with Crippen molar-refractivity contribution in [1.82, 2.24) is 0 Å². The van der Waals surface area contributed by atoms with Crippen molar-refractivity contribution in [2.24, 2.45) is 5.92 Å². The lowest BCUT2D eigenvalue weighted by Crippen LogP contribution is -2.55. The topological polar surface area (TPSA) is 36.9 Å². The van der Waals surface area contributed by atoms with Crippen molar-refractivity contribution in [3.05, 3.63) is 108 Å². The largest absolute Gasteiger partial charge is 0.374 e. The van der Waals surface area contributed by atoms with Crippen molar-refractivity contribution in [2.45, 2.75) is 58.1 Å². The molecule has 0 saturated carbocycles. The SMILES string of the molecule is C[C@@H]1C(COCc2ccccc2)O[C@H](C)[C@@H](OCc2ccccc2)[C@H]1OCc1ccccc1. The molecular weight excluding hydrogens is 412 g/mol. The van der Waals surface area contributed by atoms with Crippen molar-refractivity contribution >= 4 is 0 Å². The molecule has 0 amide bonds. The average Bonchev–Trinajstić information content (AvgIpc) is 2.86. The first-order chi connectivity index (χ1) is 16.2. The van der Waals surface area contributed by atoms with Gasteiger partial charge in [-0.1, -0.05) is 97.9 Å². The van der Waals surface area contributed by atoms with Crippen LogP contribution in [0.5, 0.6) is 0 Å². The van der Waals surface area contributed by atoms with E-state index >= 15 is 0 Å². The van der Waals surface area contributed by atoms with Crippen LogP contribution in [0.3, 0.4) is 0 Å². The first-order valence-electron chi connectivity index (χ1n) is 11.8. The summed E-state index contributed by atoms with van der Waals surface area (Å²) in [5, 5.41) is 0. The van der Waals surface area contributed by atoms with Crippen molar-refractivity contribution in [3.8, 4) is 0 Å². The van der Waals surface area contributed by atoms with Gasteiger partial charge in [0, 0.05) is 5.92 Å². The first kappa shape index (κ1) is 23.7. The second-order valence-electron chi connectivity index (χ2n) is 8.76. The van der Waals surface area contributed by atoms with Crippen LogP contribution in [0.25, 0.3) is 0 Å². The lowest BCUT2D eigenvalue weighted by atomic mass is 9.88. The van der Waals surface area contributed by atoms with E-state index in [4.69, 9.17) is 18.9 Å². The maximum absolute atomic E-state index is 6.49. The maximum atomic E-state index is 6.49. The number of ether oxygens (including phenoxy) is 4. The van der Waals surface area contributed by atoms with E-state index in [1.54, 1.807) is 0 Å². The van der Waals surface area contributed by atoms with Crippen LogP contribution in [0, 0.1) is 5.92 Å². The Balaban J connectivity index is 1.41. The molecule has 1 aliphatic heterocycles. The molecule has 0 radical (unpaired) electrons.